The molecule has 3 amide bonds. The fraction of sp³-hybridized carbons (Fsp3) is 0.778. The third-order valence-electron chi connectivity index (χ3n) is 2.03. The van der Waals surface area contributed by atoms with E-state index in [2.05, 4.69) is 0 Å². The molecule has 0 aliphatic rings. The first-order valence-corrected chi connectivity index (χ1v) is 4.88. The molecule has 0 rings (SSSR count). The first-order chi connectivity index (χ1) is 6.56. The van der Waals surface area contributed by atoms with Crippen molar-refractivity contribution in [3.05, 3.63) is 0 Å². The first kappa shape index (κ1) is 12.7. The Morgan fingerprint density at radius 2 is 1.43 bits per heavy atom. The number of likely N-dealkylation sites (N-methyl/N-ethyl adjacent to an activating group) is 1. The van der Waals surface area contributed by atoms with Gasteiger partial charge in [0.15, 0.2) is 0 Å². The highest BCUT2D eigenvalue weighted by atomic mass is 16.2. The predicted octanol–water partition coefficient (Wildman–Crippen LogP) is 0.255. The molecular formula is C9H19N3O2. The van der Waals surface area contributed by atoms with Crippen LogP contribution in [0.2, 0.25) is 0 Å². The summed E-state index contributed by atoms with van der Waals surface area (Å²) in [7, 11) is 0. The second kappa shape index (κ2) is 6.23. The van der Waals surface area contributed by atoms with Crippen molar-refractivity contribution >= 4 is 11.9 Å². The Labute approximate surface area is 84.8 Å². The fourth-order valence-electron chi connectivity index (χ4n) is 1.20. The van der Waals surface area contributed by atoms with Crippen LogP contribution in [-0.2, 0) is 4.79 Å². The number of hydrogen-bond donors (Lipinski definition) is 1. The molecule has 0 fully saturated rings. The molecular weight excluding hydrogens is 182 g/mol. The van der Waals surface area contributed by atoms with E-state index >= 15 is 0 Å². The number of nitrogens with two attached hydrogens (primary N) is 1. The molecule has 5 heteroatoms. The quantitative estimate of drug-likeness (QED) is 0.693. The average molecular weight is 201 g/mol. The molecule has 0 aromatic heterocycles. The standard InChI is InChI=1S/C9H19N3O2/c1-4-11(5-2)9(14)12(6-3)7-8(10)13/h4-7H2,1-3H3,(H2,10,13). The number of amides is 3. The first-order valence-electron chi connectivity index (χ1n) is 4.88. The largest absolute Gasteiger partial charge is 0.368 e. The zero-order chi connectivity index (χ0) is 11.1. The van der Waals surface area contributed by atoms with Crippen molar-refractivity contribution in [2.45, 2.75) is 20.8 Å². The molecule has 82 valence electrons. The van der Waals surface area contributed by atoms with Crippen LogP contribution in [0.5, 0.6) is 0 Å². The minimum atomic E-state index is -0.479. The number of carbonyl (C=O) groups is 2. The number of rotatable bonds is 5. The lowest BCUT2D eigenvalue weighted by Crippen LogP contribution is -2.46. The summed E-state index contributed by atoms with van der Waals surface area (Å²) >= 11 is 0. The molecule has 0 spiro atoms. The summed E-state index contributed by atoms with van der Waals surface area (Å²) in [4.78, 5) is 25.5. The molecule has 0 heterocycles. The van der Waals surface area contributed by atoms with Crippen molar-refractivity contribution in [3.8, 4) is 0 Å². The van der Waals surface area contributed by atoms with Crippen LogP contribution in [0.15, 0.2) is 0 Å². The van der Waals surface area contributed by atoms with Crippen molar-refractivity contribution in [2.24, 2.45) is 5.73 Å². The Bertz CT molecular complexity index is 202. The van der Waals surface area contributed by atoms with E-state index in [-0.39, 0.29) is 12.6 Å². The van der Waals surface area contributed by atoms with Gasteiger partial charge in [-0.3, -0.25) is 4.79 Å². The maximum atomic E-state index is 11.7. The smallest absolute Gasteiger partial charge is 0.320 e. The maximum absolute atomic E-state index is 11.7. The molecule has 0 unspecified atom stereocenters. The van der Waals surface area contributed by atoms with E-state index in [9.17, 15) is 9.59 Å². The number of urea groups is 1. The van der Waals surface area contributed by atoms with Gasteiger partial charge in [-0.2, -0.15) is 0 Å². The number of nitrogens with zero attached hydrogens (tertiary/aromatic N) is 2. The van der Waals surface area contributed by atoms with Crippen LogP contribution >= 0.6 is 0 Å². The molecule has 14 heavy (non-hydrogen) atoms. The second-order valence-electron chi connectivity index (χ2n) is 2.94. The highest BCUT2D eigenvalue weighted by Gasteiger charge is 2.18. The summed E-state index contributed by atoms with van der Waals surface area (Å²) < 4.78 is 0. The minimum absolute atomic E-state index is 0.00810. The zero-order valence-corrected chi connectivity index (χ0v) is 9.12. The van der Waals surface area contributed by atoms with Gasteiger partial charge < -0.3 is 15.5 Å². The normalized spacial score (nSPS) is 9.64. The van der Waals surface area contributed by atoms with E-state index in [4.69, 9.17) is 5.73 Å². The van der Waals surface area contributed by atoms with Gasteiger partial charge in [-0.25, -0.2) is 4.79 Å². The van der Waals surface area contributed by atoms with Crippen LogP contribution in [0.4, 0.5) is 4.79 Å². The summed E-state index contributed by atoms with van der Waals surface area (Å²) in [5.41, 5.74) is 5.04. The molecule has 5 nitrogen and oxygen atoms in total. The van der Waals surface area contributed by atoms with Crippen LogP contribution in [0, 0.1) is 0 Å². The van der Waals surface area contributed by atoms with Gasteiger partial charge in [0.25, 0.3) is 0 Å². The highest BCUT2D eigenvalue weighted by molar-refractivity contribution is 5.82. The summed E-state index contributed by atoms with van der Waals surface area (Å²) in [6.07, 6.45) is 0. The van der Waals surface area contributed by atoms with Gasteiger partial charge in [0.05, 0.1) is 0 Å². The molecule has 2 N–H and O–H groups in total. The molecule has 0 saturated heterocycles. The molecule has 0 atom stereocenters. The van der Waals surface area contributed by atoms with E-state index in [1.807, 2.05) is 20.8 Å². The molecule has 0 saturated carbocycles. The maximum Gasteiger partial charge on any atom is 0.320 e. The third-order valence-corrected chi connectivity index (χ3v) is 2.03. The second-order valence-corrected chi connectivity index (χ2v) is 2.94. The summed E-state index contributed by atoms with van der Waals surface area (Å²) in [6.45, 7) is 7.41. The molecule has 0 radical (unpaired) electrons. The summed E-state index contributed by atoms with van der Waals surface area (Å²) in [5, 5.41) is 0. The molecule has 0 aromatic carbocycles. The summed E-state index contributed by atoms with van der Waals surface area (Å²) in [5.74, 6) is -0.479. The highest BCUT2D eigenvalue weighted by Crippen LogP contribution is 1.98. The third kappa shape index (κ3) is 3.64. The van der Waals surface area contributed by atoms with Gasteiger partial charge in [0.1, 0.15) is 6.54 Å². The van der Waals surface area contributed by atoms with Crippen LogP contribution < -0.4 is 5.73 Å². The van der Waals surface area contributed by atoms with Gasteiger partial charge >= 0.3 is 6.03 Å². The SMILES string of the molecule is CCN(CC)C(=O)N(CC)CC(N)=O. The van der Waals surface area contributed by atoms with E-state index in [1.165, 1.54) is 4.90 Å². The average Bonchev–Trinajstić information content (AvgIpc) is 2.15. The van der Waals surface area contributed by atoms with Crippen molar-refractivity contribution in [1.82, 2.24) is 9.80 Å². The van der Waals surface area contributed by atoms with Crippen molar-refractivity contribution in [1.29, 1.82) is 0 Å². The van der Waals surface area contributed by atoms with Crippen LogP contribution in [0.3, 0.4) is 0 Å². The van der Waals surface area contributed by atoms with Gasteiger partial charge in [-0.05, 0) is 20.8 Å². The molecule has 0 bridgehead atoms. The Kier molecular flexibility index (Phi) is 5.67. The lowest BCUT2D eigenvalue weighted by atomic mass is 10.4. The van der Waals surface area contributed by atoms with E-state index in [1.54, 1.807) is 4.90 Å². The minimum Gasteiger partial charge on any atom is -0.368 e. The van der Waals surface area contributed by atoms with Gasteiger partial charge in [-0.1, -0.05) is 0 Å². The molecule has 0 aliphatic carbocycles. The van der Waals surface area contributed by atoms with Gasteiger partial charge in [-0.15, -0.1) is 0 Å². The fourth-order valence-corrected chi connectivity index (χ4v) is 1.20. The van der Waals surface area contributed by atoms with Crippen molar-refractivity contribution in [3.63, 3.8) is 0 Å². The Morgan fingerprint density at radius 3 is 1.71 bits per heavy atom. The van der Waals surface area contributed by atoms with E-state index < -0.39 is 5.91 Å². The zero-order valence-electron chi connectivity index (χ0n) is 9.12. The predicted molar refractivity (Wildman–Crippen MR) is 54.8 cm³/mol. The van der Waals surface area contributed by atoms with E-state index in [0.29, 0.717) is 19.6 Å². The lowest BCUT2D eigenvalue weighted by Gasteiger charge is -2.27. The topological polar surface area (TPSA) is 66.6 Å². The number of hydrogen-bond acceptors (Lipinski definition) is 2. The number of primary amides is 1. The van der Waals surface area contributed by atoms with Crippen molar-refractivity contribution in [2.75, 3.05) is 26.2 Å². The Hall–Kier alpha value is -1.26. The van der Waals surface area contributed by atoms with Crippen LogP contribution in [0.1, 0.15) is 20.8 Å². The summed E-state index contributed by atoms with van der Waals surface area (Å²) in [6, 6.07) is -0.128. The lowest BCUT2D eigenvalue weighted by molar-refractivity contribution is -0.118. The Morgan fingerprint density at radius 1 is 1.00 bits per heavy atom. The Balaban J connectivity index is 4.35. The van der Waals surface area contributed by atoms with Crippen molar-refractivity contribution < 1.29 is 9.59 Å². The van der Waals surface area contributed by atoms with Gasteiger partial charge in [0, 0.05) is 19.6 Å². The monoisotopic (exact) mass is 201 g/mol. The van der Waals surface area contributed by atoms with Crippen LogP contribution in [-0.4, -0.2) is 47.9 Å². The van der Waals surface area contributed by atoms with Gasteiger partial charge in [0.2, 0.25) is 5.91 Å². The molecule has 0 aliphatic heterocycles. The van der Waals surface area contributed by atoms with Crippen LogP contribution in [0.25, 0.3) is 0 Å². The van der Waals surface area contributed by atoms with E-state index in [0.717, 1.165) is 0 Å². The molecule has 0 aromatic rings. The number of carbonyl (C=O) groups excluding carboxylic acids is 2.